The topological polar surface area (TPSA) is 78.5 Å². The highest BCUT2D eigenvalue weighted by Gasteiger charge is 2.49. The van der Waals surface area contributed by atoms with E-state index in [-0.39, 0.29) is 18.4 Å². The highest BCUT2D eigenvalue weighted by Crippen LogP contribution is 2.42. The number of fused-ring (bicyclic) bond motifs is 2. The maximum Gasteiger partial charge on any atom is 0.254 e. The van der Waals surface area contributed by atoms with Crippen LogP contribution >= 0.6 is 0 Å². The maximum absolute atomic E-state index is 13.0. The SMILES string of the molecule is COCC(=O)N1CCc2[nH]cnc2C12CCN(C(=O)c1ccccc1C)CC2. The van der Waals surface area contributed by atoms with Gasteiger partial charge in [-0.25, -0.2) is 4.98 Å². The van der Waals surface area contributed by atoms with Gasteiger partial charge in [0.2, 0.25) is 5.91 Å². The molecule has 1 spiro atoms. The maximum atomic E-state index is 13.0. The quantitative estimate of drug-likeness (QED) is 0.879. The van der Waals surface area contributed by atoms with Crippen LogP contribution in [-0.4, -0.2) is 64.9 Å². The number of carbonyl (C=O) groups is 2. The number of amides is 2. The summed E-state index contributed by atoms with van der Waals surface area (Å²) >= 11 is 0. The molecule has 148 valence electrons. The molecule has 2 amide bonds. The molecule has 0 aliphatic carbocycles. The first-order valence-electron chi connectivity index (χ1n) is 9.74. The average molecular weight is 382 g/mol. The van der Waals surface area contributed by atoms with Crippen LogP contribution in [0.4, 0.5) is 0 Å². The molecular formula is C21H26N4O3. The standard InChI is InChI=1S/C21H26N4O3/c1-15-5-3-4-6-16(15)20(27)24-11-8-21(9-12-24)19-17(22-14-23-19)7-10-25(21)18(26)13-28-2/h3-6,14H,7-13H2,1-2H3,(H,22,23). The van der Waals surface area contributed by atoms with E-state index in [4.69, 9.17) is 4.74 Å². The number of hydrogen-bond donors (Lipinski definition) is 1. The van der Waals surface area contributed by atoms with Crippen LogP contribution in [0, 0.1) is 6.92 Å². The molecule has 0 bridgehead atoms. The molecule has 2 aliphatic rings. The van der Waals surface area contributed by atoms with E-state index in [9.17, 15) is 9.59 Å². The third kappa shape index (κ3) is 2.99. The van der Waals surface area contributed by atoms with Gasteiger partial charge in [-0.05, 0) is 31.4 Å². The lowest BCUT2D eigenvalue weighted by Crippen LogP contribution is -2.59. The normalized spacial score (nSPS) is 18.2. The second kappa shape index (κ2) is 7.39. The summed E-state index contributed by atoms with van der Waals surface area (Å²) in [5.41, 5.74) is 3.31. The summed E-state index contributed by atoms with van der Waals surface area (Å²) in [4.78, 5) is 37.4. The van der Waals surface area contributed by atoms with E-state index in [1.54, 1.807) is 6.33 Å². The van der Waals surface area contributed by atoms with Crippen LogP contribution in [0.5, 0.6) is 0 Å². The Kier molecular flexibility index (Phi) is 4.93. The molecule has 0 atom stereocenters. The number of carbonyl (C=O) groups excluding carboxylic acids is 2. The highest BCUT2D eigenvalue weighted by atomic mass is 16.5. The molecule has 0 unspecified atom stereocenters. The molecule has 1 aromatic heterocycles. The number of aromatic nitrogens is 2. The smallest absolute Gasteiger partial charge is 0.254 e. The number of imidazole rings is 1. The fourth-order valence-electron chi connectivity index (χ4n) is 4.61. The lowest BCUT2D eigenvalue weighted by atomic mass is 9.78. The van der Waals surface area contributed by atoms with Crippen molar-refractivity contribution in [1.82, 2.24) is 19.8 Å². The molecule has 28 heavy (non-hydrogen) atoms. The first kappa shape index (κ1) is 18.7. The minimum atomic E-state index is -0.467. The third-order valence-corrected chi connectivity index (χ3v) is 6.08. The molecule has 0 saturated carbocycles. The second-order valence-electron chi connectivity index (χ2n) is 7.60. The zero-order valence-electron chi connectivity index (χ0n) is 16.4. The number of aromatic amines is 1. The second-order valence-corrected chi connectivity index (χ2v) is 7.60. The number of methoxy groups -OCH3 is 1. The van der Waals surface area contributed by atoms with Crippen molar-refractivity contribution in [3.8, 4) is 0 Å². The molecule has 1 aromatic carbocycles. The summed E-state index contributed by atoms with van der Waals surface area (Å²) in [6, 6.07) is 7.68. The first-order chi connectivity index (χ1) is 13.6. The number of aryl methyl sites for hydroxylation is 1. The van der Waals surface area contributed by atoms with Crippen molar-refractivity contribution in [3.05, 3.63) is 53.1 Å². The number of piperidine rings is 1. The summed E-state index contributed by atoms with van der Waals surface area (Å²) in [5.74, 6) is 0.0376. The van der Waals surface area contributed by atoms with Crippen molar-refractivity contribution in [2.75, 3.05) is 33.4 Å². The van der Waals surface area contributed by atoms with Crippen LogP contribution in [0.15, 0.2) is 30.6 Å². The molecule has 7 heteroatoms. The van der Waals surface area contributed by atoms with Gasteiger partial charge < -0.3 is 19.5 Å². The van der Waals surface area contributed by atoms with Crippen LogP contribution in [0.3, 0.4) is 0 Å². The van der Waals surface area contributed by atoms with Crippen LogP contribution in [0.1, 0.15) is 40.2 Å². The molecule has 2 aromatic rings. The van der Waals surface area contributed by atoms with E-state index in [0.717, 1.165) is 28.9 Å². The lowest BCUT2D eigenvalue weighted by molar-refractivity contribution is -0.145. The molecule has 3 heterocycles. The number of benzene rings is 1. The Balaban J connectivity index is 1.59. The molecule has 0 radical (unpaired) electrons. The van der Waals surface area contributed by atoms with Crippen LogP contribution in [0.25, 0.3) is 0 Å². The van der Waals surface area contributed by atoms with Gasteiger partial charge in [-0.2, -0.15) is 0 Å². The van der Waals surface area contributed by atoms with Gasteiger partial charge in [0.15, 0.2) is 0 Å². The van der Waals surface area contributed by atoms with Gasteiger partial charge in [0.05, 0.1) is 17.6 Å². The molecule has 7 nitrogen and oxygen atoms in total. The fraction of sp³-hybridized carbons (Fsp3) is 0.476. The van der Waals surface area contributed by atoms with Gasteiger partial charge in [-0.1, -0.05) is 18.2 Å². The van der Waals surface area contributed by atoms with Gasteiger partial charge in [0.25, 0.3) is 5.91 Å². The highest BCUT2D eigenvalue weighted by molar-refractivity contribution is 5.95. The Morgan fingerprint density at radius 3 is 2.68 bits per heavy atom. The number of hydrogen-bond acceptors (Lipinski definition) is 4. The predicted molar refractivity (Wildman–Crippen MR) is 104 cm³/mol. The molecule has 1 N–H and O–H groups in total. The van der Waals surface area contributed by atoms with Gasteiger partial charge in [-0.15, -0.1) is 0 Å². The zero-order chi connectivity index (χ0) is 19.7. The predicted octanol–water partition coefficient (Wildman–Crippen LogP) is 1.88. The van der Waals surface area contributed by atoms with Crippen LogP contribution < -0.4 is 0 Å². The third-order valence-electron chi connectivity index (χ3n) is 6.08. The molecule has 1 saturated heterocycles. The zero-order valence-corrected chi connectivity index (χ0v) is 16.4. The summed E-state index contributed by atoms with van der Waals surface area (Å²) in [6.07, 6.45) is 3.83. The number of H-pyrrole nitrogens is 1. The number of nitrogens with one attached hydrogen (secondary N) is 1. The Morgan fingerprint density at radius 1 is 1.21 bits per heavy atom. The summed E-state index contributed by atoms with van der Waals surface area (Å²) in [6.45, 7) is 3.85. The van der Waals surface area contributed by atoms with E-state index in [1.165, 1.54) is 7.11 Å². The van der Waals surface area contributed by atoms with Gasteiger partial charge in [-0.3, -0.25) is 9.59 Å². The molecule has 4 rings (SSSR count). The fourth-order valence-corrected chi connectivity index (χ4v) is 4.61. The largest absolute Gasteiger partial charge is 0.375 e. The van der Waals surface area contributed by atoms with Crippen molar-refractivity contribution in [1.29, 1.82) is 0 Å². The van der Waals surface area contributed by atoms with Gasteiger partial charge >= 0.3 is 0 Å². The van der Waals surface area contributed by atoms with Crippen molar-refractivity contribution in [2.24, 2.45) is 0 Å². The number of rotatable bonds is 3. The Hall–Kier alpha value is -2.67. The van der Waals surface area contributed by atoms with Crippen LogP contribution in [-0.2, 0) is 21.5 Å². The summed E-state index contributed by atoms with van der Waals surface area (Å²) in [5, 5.41) is 0. The van der Waals surface area contributed by atoms with Crippen molar-refractivity contribution in [3.63, 3.8) is 0 Å². The molecule has 1 fully saturated rings. The van der Waals surface area contributed by atoms with E-state index in [1.807, 2.05) is 41.0 Å². The lowest BCUT2D eigenvalue weighted by Gasteiger charge is -2.50. The van der Waals surface area contributed by atoms with Crippen molar-refractivity contribution < 1.29 is 14.3 Å². The Bertz CT molecular complexity index is 883. The van der Waals surface area contributed by atoms with Gasteiger partial charge in [0, 0.05) is 44.4 Å². The Labute approximate surface area is 164 Å². The first-order valence-corrected chi connectivity index (χ1v) is 9.74. The monoisotopic (exact) mass is 382 g/mol. The van der Waals surface area contributed by atoms with E-state index in [2.05, 4.69) is 9.97 Å². The number of likely N-dealkylation sites (tertiary alicyclic amines) is 1. The van der Waals surface area contributed by atoms with Crippen molar-refractivity contribution >= 4 is 11.8 Å². The summed E-state index contributed by atoms with van der Waals surface area (Å²) in [7, 11) is 1.54. The van der Waals surface area contributed by atoms with E-state index < -0.39 is 5.54 Å². The van der Waals surface area contributed by atoms with E-state index in [0.29, 0.717) is 32.5 Å². The van der Waals surface area contributed by atoms with Crippen molar-refractivity contribution in [2.45, 2.75) is 31.7 Å². The van der Waals surface area contributed by atoms with Crippen LogP contribution in [0.2, 0.25) is 0 Å². The number of nitrogens with zero attached hydrogens (tertiary/aromatic N) is 3. The molecular weight excluding hydrogens is 356 g/mol. The summed E-state index contributed by atoms with van der Waals surface area (Å²) < 4.78 is 5.11. The van der Waals surface area contributed by atoms with E-state index >= 15 is 0 Å². The average Bonchev–Trinajstić information content (AvgIpc) is 3.19. The number of ether oxygens (including phenoxy) is 1. The van der Waals surface area contributed by atoms with Gasteiger partial charge in [0.1, 0.15) is 6.61 Å². The minimum Gasteiger partial charge on any atom is -0.375 e. The minimum absolute atomic E-state index is 0.0187. The molecule has 2 aliphatic heterocycles. The Morgan fingerprint density at radius 2 is 1.96 bits per heavy atom.